The number of aromatic nitrogens is 1. The van der Waals surface area contributed by atoms with Gasteiger partial charge >= 0.3 is 0 Å². The predicted octanol–water partition coefficient (Wildman–Crippen LogP) is 5.64. The molecule has 2 aliphatic rings. The molecule has 1 aromatic heterocycles. The molecule has 3 heteroatoms. The third-order valence-electron chi connectivity index (χ3n) is 5.81. The van der Waals surface area contributed by atoms with Gasteiger partial charge in [0.2, 0.25) is 0 Å². The number of ketones is 1. The molecule has 3 aromatic rings. The van der Waals surface area contributed by atoms with Crippen molar-refractivity contribution in [1.82, 2.24) is 4.98 Å². The Bertz CT molecular complexity index is 1120. The largest absolute Gasteiger partial charge is 0.461 e. The average Bonchev–Trinajstić information content (AvgIpc) is 3.01. The molecule has 1 aliphatic carbocycles. The first-order chi connectivity index (χ1) is 12.9. The van der Waals surface area contributed by atoms with Crippen LogP contribution in [0.5, 0.6) is 5.75 Å². The smallest absolute Gasteiger partial charge is 0.163 e. The number of aryl methyl sites for hydroxylation is 1. The van der Waals surface area contributed by atoms with Crippen LogP contribution in [-0.4, -0.2) is 10.8 Å². The molecule has 3 nitrogen and oxygen atoms in total. The van der Waals surface area contributed by atoms with Gasteiger partial charge in [-0.1, -0.05) is 44.2 Å². The van der Waals surface area contributed by atoms with Crippen molar-refractivity contribution in [1.29, 1.82) is 0 Å². The van der Waals surface area contributed by atoms with Crippen LogP contribution in [0, 0.1) is 12.3 Å². The average molecular weight is 357 g/mol. The Hall–Kier alpha value is -2.81. The monoisotopic (exact) mass is 357 g/mol. The van der Waals surface area contributed by atoms with Crippen molar-refractivity contribution in [3.05, 3.63) is 76.7 Å². The van der Waals surface area contributed by atoms with E-state index in [0.717, 1.165) is 40.1 Å². The number of aromatic amines is 1. The molecule has 2 heterocycles. The SMILES string of the molecule is Cc1ccc2c(C3C4=C(CC(C)(C)CC4=O)Oc4ccccc43)c[nH]c2c1. The molecule has 0 fully saturated rings. The number of ether oxygens (including phenoxy) is 1. The molecule has 1 unspecified atom stereocenters. The zero-order chi connectivity index (χ0) is 18.8. The number of para-hydroxylation sites is 1. The molecule has 0 saturated heterocycles. The highest BCUT2D eigenvalue weighted by Gasteiger charge is 2.42. The Labute approximate surface area is 159 Å². The highest BCUT2D eigenvalue weighted by Crippen LogP contribution is 2.50. The normalized spacial score (nSPS) is 21.0. The van der Waals surface area contributed by atoms with Crippen LogP contribution in [0.3, 0.4) is 0 Å². The number of H-pyrrole nitrogens is 1. The van der Waals surface area contributed by atoms with E-state index in [9.17, 15) is 4.79 Å². The molecule has 1 aliphatic heterocycles. The Morgan fingerprint density at radius 1 is 1.07 bits per heavy atom. The molecule has 136 valence electrons. The summed E-state index contributed by atoms with van der Waals surface area (Å²) < 4.78 is 6.25. The Morgan fingerprint density at radius 2 is 1.89 bits per heavy atom. The van der Waals surface area contributed by atoms with E-state index in [2.05, 4.69) is 56.2 Å². The van der Waals surface area contributed by atoms with Gasteiger partial charge in [-0.3, -0.25) is 4.79 Å². The number of allylic oxidation sites excluding steroid dienone is 2. The molecule has 0 amide bonds. The first-order valence-electron chi connectivity index (χ1n) is 9.54. The molecule has 2 aromatic carbocycles. The van der Waals surface area contributed by atoms with Crippen LogP contribution >= 0.6 is 0 Å². The van der Waals surface area contributed by atoms with Gasteiger partial charge in [-0.05, 0) is 35.6 Å². The highest BCUT2D eigenvalue weighted by molar-refractivity contribution is 6.01. The van der Waals surface area contributed by atoms with Crippen LogP contribution in [0.15, 0.2) is 60.0 Å². The van der Waals surface area contributed by atoms with Crippen molar-refractivity contribution in [2.45, 2.75) is 39.5 Å². The van der Waals surface area contributed by atoms with Crippen molar-refractivity contribution in [3.63, 3.8) is 0 Å². The maximum absolute atomic E-state index is 13.2. The number of Topliss-reactive ketones (excluding diaryl/α,β-unsaturated/α-hetero) is 1. The minimum atomic E-state index is -0.0787. The summed E-state index contributed by atoms with van der Waals surface area (Å²) in [6.07, 6.45) is 3.42. The lowest BCUT2D eigenvalue weighted by atomic mass is 9.70. The van der Waals surface area contributed by atoms with E-state index in [1.165, 1.54) is 10.9 Å². The lowest BCUT2D eigenvalue weighted by Crippen LogP contribution is -2.32. The molecular formula is C24H23NO2. The van der Waals surface area contributed by atoms with E-state index < -0.39 is 0 Å². The van der Waals surface area contributed by atoms with Crippen LogP contribution in [0.2, 0.25) is 0 Å². The van der Waals surface area contributed by atoms with E-state index in [1.54, 1.807) is 0 Å². The minimum absolute atomic E-state index is 0.0654. The number of benzene rings is 2. The van der Waals surface area contributed by atoms with Crippen LogP contribution in [0.25, 0.3) is 10.9 Å². The molecule has 0 saturated carbocycles. The van der Waals surface area contributed by atoms with Crippen molar-refractivity contribution < 1.29 is 9.53 Å². The zero-order valence-electron chi connectivity index (χ0n) is 15.9. The molecule has 0 spiro atoms. The van der Waals surface area contributed by atoms with Gasteiger partial charge < -0.3 is 9.72 Å². The second kappa shape index (κ2) is 5.59. The molecule has 0 radical (unpaired) electrons. The van der Waals surface area contributed by atoms with E-state index in [4.69, 9.17) is 4.74 Å². The van der Waals surface area contributed by atoms with Gasteiger partial charge in [0.1, 0.15) is 11.5 Å². The standard InChI is InChI=1S/C24H23NO2/c1-14-8-9-15-17(13-25-18(15)10-14)22-16-6-4-5-7-20(16)27-21-12-24(2,3)11-19(26)23(21)22/h4-10,13,22,25H,11-12H2,1-3H3. The number of carbonyl (C=O) groups is 1. The number of carbonyl (C=O) groups excluding carboxylic acids is 1. The summed E-state index contributed by atoms with van der Waals surface area (Å²) in [5, 5.41) is 1.17. The Kier molecular flexibility index (Phi) is 3.39. The fourth-order valence-electron chi connectivity index (χ4n) is 4.62. The zero-order valence-corrected chi connectivity index (χ0v) is 15.9. The summed E-state index contributed by atoms with van der Waals surface area (Å²) in [6, 6.07) is 14.6. The van der Waals surface area contributed by atoms with Gasteiger partial charge in [-0.2, -0.15) is 0 Å². The maximum atomic E-state index is 13.2. The Morgan fingerprint density at radius 3 is 2.74 bits per heavy atom. The number of fused-ring (bicyclic) bond motifs is 2. The van der Waals surface area contributed by atoms with Gasteiger partial charge in [0.25, 0.3) is 0 Å². The fraction of sp³-hybridized carbons (Fsp3) is 0.292. The lowest BCUT2D eigenvalue weighted by Gasteiger charge is -2.38. The quantitative estimate of drug-likeness (QED) is 0.612. The second-order valence-corrected chi connectivity index (χ2v) is 8.64. The molecule has 5 rings (SSSR count). The van der Waals surface area contributed by atoms with Gasteiger partial charge in [-0.25, -0.2) is 0 Å². The fourth-order valence-corrected chi connectivity index (χ4v) is 4.62. The van der Waals surface area contributed by atoms with Crippen LogP contribution in [0.4, 0.5) is 0 Å². The minimum Gasteiger partial charge on any atom is -0.461 e. The number of rotatable bonds is 1. The van der Waals surface area contributed by atoms with E-state index in [0.29, 0.717) is 6.42 Å². The summed E-state index contributed by atoms with van der Waals surface area (Å²) in [5.41, 5.74) is 5.34. The molecule has 27 heavy (non-hydrogen) atoms. The Balaban J connectivity index is 1.77. The molecule has 0 bridgehead atoms. The summed E-state index contributed by atoms with van der Waals surface area (Å²) in [4.78, 5) is 16.6. The number of nitrogens with one attached hydrogen (secondary N) is 1. The van der Waals surface area contributed by atoms with Crippen molar-refractivity contribution >= 4 is 16.7 Å². The summed E-state index contributed by atoms with van der Waals surface area (Å²) in [6.45, 7) is 6.38. The van der Waals surface area contributed by atoms with Crippen molar-refractivity contribution in [2.75, 3.05) is 0 Å². The third kappa shape index (κ3) is 2.53. The van der Waals surface area contributed by atoms with Crippen molar-refractivity contribution in [3.8, 4) is 5.75 Å². The van der Waals surface area contributed by atoms with Crippen molar-refractivity contribution in [2.24, 2.45) is 5.41 Å². The maximum Gasteiger partial charge on any atom is 0.163 e. The van der Waals surface area contributed by atoms with Crippen LogP contribution < -0.4 is 4.74 Å². The number of hydrogen-bond acceptors (Lipinski definition) is 2. The second-order valence-electron chi connectivity index (χ2n) is 8.64. The molecule has 1 atom stereocenters. The van der Waals surface area contributed by atoms with Gasteiger partial charge in [0.05, 0.1) is 0 Å². The lowest BCUT2D eigenvalue weighted by molar-refractivity contribution is -0.118. The summed E-state index contributed by atoms with van der Waals surface area (Å²) in [5.74, 6) is 1.85. The summed E-state index contributed by atoms with van der Waals surface area (Å²) >= 11 is 0. The van der Waals surface area contributed by atoms with Crippen LogP contribution in [-0.2, 0) is 4.79 Å². The highest BCUT2D eigenvalue weighted by atomic mass is 16.5. The van der Waals surface area contributed by atoms with E-state index in [1.807, 2.05) is 18.2 Å². The number of hydrogen-bond donors (Lipinski definition) is 1. The van der Waals surface area contributed by atoms with Gasteiger partial charge in [0, 0.05) is 47.0 Å². The van der Waals surface area contributed by atoms with Gasteiger partial charge in [-0.15, -0.1) is 0 Å². The first kappa shape index (κ1) is 16.4. The topological polar surface area (TPSA) is 42.1 Å². The van der Waals surface area contributed by atoms with Crippen LogP contribution in [0.1, 0.15) is 49.3 Å². The first-order valence-corrected chi connectivity index (χ1v) is 9.54. The molecular weight excluding hydrogens is 334 g/mol. The third-order valence-corrected chi connectivity index (χ3v) is 5.81. The van der Waals surface area contributed by atoms with Gasteiger partial charge in [0.15, 0.2) is 5.78 Å². The predicted molar refractivity (Wildman–Crippen MR) is 107 cm³/mol. The van der Waals surface area contributed by atoms with E-state index >= 15 is 0 Å². The summed E-state index contributed by atoms with van der Waals surface area (Å²) in [7, 11) is 0. The van der Waals surface area contributed by atoms with E-state index in [-0.39, 0.29) is 17.1 Å². The molecule has 1 N–H and O–H groups in total.